The summed E-state index contributed by atoms with van der Waals surface area (Å²) in [6.07, 6.45) is 0. The highest BCUT2D eigenvalue weighted by molar-refractivity contribution is 9.11. The van der Waals surface area contributed by atoms with Crippen LogP contribution in [0.15, 0.2) is 40.2 Å². The Morgan fingerprint density at radius 2 is 1.92 bits per heavy atom. The van der Waals surface area contributed by atoms with E-state index in [1.54, 1.807) is 38.3 Å². The Morgan fingerprint density at radius 1 is 1.20 bits per heavy atom. The van der Waals surface area contributed by atoms with E-state index in [0.717, 1.165) is 3.79 Å². The Bertz CT molecular complexity index is 735. The third-order valence-electron chi connectivity index (χ3n) is 3.27. The summed E-state index contributed by atoms with van der Waals surface area (Å²) in [6, 6.07) is 10.1. The molecule has 8 heteroatoms. The molecule has 0 radical (unpaired) electrons. The van der Waals surface area contributed by atoms with Crippen molar-refractivity contribution in [3.8, 4) is 11.5 Å². The quantitative estimate of drug-likeness (QED) is 0.636. The first-order chi connectivity index (χ1) is 12.0. The lowest BCUT2D eigenvalue weighted by molar-refractivity contribution is -0.122. The monoisotopic (exact) mass is 426 g/mol. The summed E-state index contributed by atoms with van der Waals surface area (Å²) in [5, 5.41) is 5.39. The van der Waals surface area contributed by atoms with Gasteiger partial charge in [-0.2, -0.15) is 0 Å². The molecular formula is C17H19BrN2O4S. The van der Waals surface area contributed by atoms with E-state index in [9.17, 15) is 9.59 Å². The predicted octanol–water partition coefficient (Wildman–Crippen LogP) is 2.83. The van der Waals surface area contributed by atoms with Gasteiger partial charge >= 0.3 is 0 Å². The molecule has 0 aliphatic rings. The molecule has 1 heterocycles. The van der Waals surface area contributed by atoms with Crippen LogP contribution in [0.4, 0.5) is 0 Å². The van der Waals surface area contributed by atoms with Crippen LogP contribution in [0.1, 0.15) is 16.6 Å². The van der Waals surface area contributed by atoms with Crippen molar-refractivity contribution >= 4 is 39.1 Å². The van der Waals surface area contributed by atoms with Crippen LogP contribution in [-0.4, -0.2) is 38.1 Å². The Balaban J connectivity index is 1.73. The van der Waals surface area contributed by atoms with Crippen molar-refractivity contribution in [2.45, 2.75) is 13.0 Å². The zero-order valence-electron chi connectivity index (χ0n) is 13.9. The number of hydrogen-bond acceptors (Lipinski definition) is 5. The first-order valence-electron chi connectivity index (χ1n) is 7.61. The van der Waals surface area contributed by atoms with Crippen LogP contribution in [-0.2, 0) is 4.79 Å². The lowest BCUT2D eigenvalue weighted by Crippen LogP contribution is -2.45. The summed E-state index contributed by atoms with van der Waals surface area (Å²) in [5.41, 5.74) is 0. The second kappa shape index (κ2) is 9.43. The van der Waals surface area contributed by atoms with E-state index in [4.69, 9.17) is 9.47 Å². The molecule has 0 bridgehead atoms. The Hall–Kier alpha value is -2.06. The highest BCUT2D eigenvalue weighted by Gasteiger charge is 2.17. The molecule has 1 atom stereocenters. The average molecular weight is 427 g/mol. The normalized spacial score (nSPS) is 11.5. The van der Waals surface area contributed by atoms with Crippen LogP contribution in [0.3, 0.4) is 0 Å². The molecule has 0 spiro atoms. The number of rotatable bonds is 8. The first kappa shape index (κ1) is 19.3. The van der Waals surface area contributed by atoms with Gasteiger partial charge in [0, 0.05) is 0 Å². The summed E-state index contributed by atoms with van der Waals surface area (Å²) < 4.78 is 11.6. The minimum Gasteiger partial charge on any atom is -0.493 e. The maximum absolute atomic E-state index is 12.0. The van der Waals surface area contributed by atoms with Crippen LogP contribution < -0.4 is 20.1 Å². The molecule has 1 aromatic carbocycles. The summed E-state index contributed by atoms with van der Waals surface area (Å²) in [7, 11) is 1.57. The number of carbonyl (C=O) groups excluding carboxylic acids is 2. The molecule has 2 amide bonds. The zero-order chi connectivity index (χ0) is 18.2. The first-order valence-corrected chi connectivity index (χ1v) is 9.22. The molecule has 6 nitrogen and oxygen atoms in total. The molecule has 0 aliphatic heterocycles. The van der Waals surface area contributed by atoms with Gasteiger partial charge in [0.25, 0.3) is 5.91 Å². The predicted molar refractivity (Wildman–Crippen MR) is 100 cm³/mol. The fraction of sp³-hybridized carbons (Fsp3) is 0.294. The van der Waals surface area contributed by atoms with E-state index in [0.29, 0.717) is 29.5 Å². The maximum Gasteiger partial charge on any atom is 0.262 e. The van der Waals surface area contributed by atoms with Gasteiger partial charge in [-0.3, -0.25) is 9.59 Å². The number of amides is 2. The molecule has 0 saturated carbocycles. The topological polar surface area (TPSA) is 76.7 Å². The SMILES string of the molecule is COc1ccccc1OCCNC(=O)C(C)NC(=O)c1ccc(Br)s1. The van der Waals surface area contributed by atoms with Gasteiger partial charge in [0.2, 0.25) is 5.91 Å². The van der Waals surface area contributed by atoms with Gasteiger partial charge in [-0.05, 0) is 47.1 Å². The van der Waals surface area contributed by atoms with Gasteiger partial charge in [-0.25, -0.2) is 0 Å². The second-order valence-corrected chi connectivity index (χ2v) is 7.55. The van der Waals surface area contributed by atoms with Crippen molar-refractivity contribution in [3.05, 3.63) is 45.1 Å². The number of nitrogens with one attached hydrogen (secondary N) is 2. The maximum atomic E-state index is 12.0. The summed E-state index contributed by atoms with van der Waals surface area (Å²) in [5.74, 6) is 0.705. The Labute approximate surface area is 158 Å². The molecule has 2 N–H and O–H groups in total. The van der Waals surface area contributed by atoms with E-state index >= 15 is 0 Å². The largest absolute Gasteiger partial charge is 0.493 e. The van der Waals surface area contributed by atoms with Gasteiger partial charge in [0.1, 0.15) is 12.6 Å². The van der Waals surface area contributed by atoms with Gasteiger partial charge in [0.05, 0.1) is 22.3 Å². The van der Waals surface area contributed by atoms with E-state index < -0.39 is 6.04 Å². The number of halogens is 1. The van der Waals surface area contributed by atoms with Crippen LogP contribution in [0.2, 0.25) is 0 Å². The number of hydrogen-bond donors (Lipinski definition) is 2. The lowest BCUT2D eigenvalue weighted by Gasteiger charge is -2.14. The highest BCUT2D eigenvalue weighted by atomic mass is 79.9. The fourth-order valence-electron chi connectivity index (χ4n) is 2.00. The van der Waals surface area contributed by atoms with Crippen molar-refractivity contribution < 1.29 is 19.1 Å². The summed E-state index contributed by atoms with van der Waals surface area (Å²) >= 11 is 4.62. The molecule has 134 valence electrons. The van der Waals surface area contributed by atoms with E-state index in [1.165, 1.54) is 11.3 Å². The van der Waals surface area contributed by atoms with Gasteiger partial charge in [-0.1, -0.05) is 12.1 Å². The van der Waals surface area contributed by atoms with Crippen molar-refractivity contribution in [2.75, 3.05) is 20.3 Å². The summed E-state index contributed by atoms with van der Waals surface area (Å²) in [6.45, 7) is 2.25. The van der Waals surface area contributed by atoms with Crippen molar-refractivity contribution in [2.24, 2.45) is 0 Å². The summed E-state index contributed by atoms with van der Waals surface area (Å²) in [4.78, 5) is 24.6. The van der Waals surface area contributed by atoms with Crippen LogP contribution >= 0.6 is 27.3 Å². The van der Waals surface area contributed by atoms with Crippen molar-refractivity contribution in [1.82, 2.24) is 10.6 Å². The van der Waals surface area contributed by atoms with Gasteiger partial charge in [0.15, 0.2) is 11.5 Å². The van der Waals surface area contributed by atoms with E-state index in [2.05, 4.69) is 26.6 Å². The molecule has 2 rings (SSSR count). The molecular weight excluding hydrogens is 408 g/mol. The van der Waals surface area contributed by atoms with Crippen molar-refractivity contribution in [1.29, 1.82) is 0 Å². The number of thiophene rings is 1. The third-order valence-corrected chi connectivity index (χ3v) is 4.89. The lowest BCUT2D eigenvalue weighted by atomic mass is 10.3. The minimum absolute atomic E-state index is 0.271. The van der Waals surface area contributed by atoms with Gasteiger partial charge < -0.3 is 20.1 Å². The van der Waals surface area contributed by atoms with Crippen LogP contribution in [0.25, 0.3) is 0 Å². The standard InChI is InChI=1S/C17H19BrN2O4S/c1-11(20-17(22)14-7-8-15(18)25-14)16(21)19-9-10-24-13-6-4-3-5-12(13)23-2/h3-8,11H,9-10H2,1-2H3,(H,19,21)(H,20,22). The molecule has 0 aliphatic carbocycles. The molecule has 0 fully saturated rings. The molecule has 1 unspecified atom stereocenters. The Morgan fingerprint density at radius 3 is 2.56 bits per heavy atom. The van der Waals surface area contributed by atoms with E-state index in [-0.39, 0.29) is 11.8 Å². The molecule has 0 saturated heterocycles. The molecule has 1 aromatic heterocycles. The highest BCUT2D eigenvalue weighted by Crippen LogP contribution is 2.25. The number of benzene rings is 1. The zero-order valence-corrected chi connectivity index (χ0v) is 16.3. The van der Waals surface area contributed by atoms with Crippen molar-refractivity contribution in [3.63, 3.8) is 0 Å². The molecule has 25 heavy (non-hydrogen) atoms. The van der Waals surface area contributed by atoms with Gasteiger partial charge in [-0.15, -0.1) is 11.3 Å². The minimum atomic E-state index is -0.639. The number of methoxy groups -OCH3 is 1. The fourth-order valence-corrected chi connectivity index (χ4v) is 3.29. The Kier molecular flexibility index (Phi) is 7.27. The van der Waals surface area contributed by atoms with Crippen LogP contribution in [0.5, 0.6) is 11.5 Å². The molecule has 2 aromatic rings. The smallest absolute Gasteiger partial charge is 0.262 e. The van der Waals surface area contributed by atoms with E-state index in [1.807, 2.05) is 12.1 Å². The number of ether oxygens (including phenoxy) is 2. The van der Waals surface area contributed by atoms with Crippen LogP contribution in [0, 0.1) is 0 Å². The average Bonchev–Trinajstić information content (AvgIpc) is 3.05. The number of carbonyl (C=O) groups is 2. The number of para-hydroxylation sites is 2. The second-order valence-electron chi connectivity index (χ2n) is 5.09. The third kappa shape index (κ3) is 5.75.